The molecule has 0 bridgehead atoms. The van der Waals surface area contributed by atoms with Crippen molar-refractivity contribution in [3.63, 3.8) is 0 Å². The van der Waals surface area contributed by atoms with E-state index in [9.17, 15) is 4.79 Å². The fourth-order valence-electron chi connectivity index (χ4n) is 1.46. The summed E-state index contributed by atoms with van der Waals surface area (Å²) in [7, 11) is 1.45. The molecule has 0 atom stereocenters. The van der Waals surface area contributed by atoms with Gasteiger partial charge in [-0.05, 0) is 19.1 Å². The molecule has 0 unspecified atom stereocenters. The molecule has 0 saturated carbocycles. The van der Waals surface area contributed by atoms with Crippen LogP contribution in [0.5, 0.6) is 5.75 Å². The van der Waals surface area contributed by atoms with E-state index in [0.717, 1.165) is 0 Å². The van der Waals surface area contributed by atoms with Crippen LogP contribution in [0.3, 0.4) is 0 Å². The third kappa shape index (κ3) is 2.97. The smallest absolute Gasteiger partial charge is 0.258 e. The maximum Gasteiger partial charge on any atom is 0.258 e. The van der Waals surface area contributed by atoms with Crippen molar-refractivity contribution >= 4 is 35.1 Å². The van der Waals surface area contributed by atoms with Gasteiger partial charge in [0.1, 0.15) is 5.82 Å². The van der Waals surface area contributed by atoms with Gasteiger partial charge in [0.2, 0.25) is 5.95 Å². The molecule has 6 nitrogen and oxygen atoms in total. The number of nitrogens with one attached hydrogen (secondary N) is 2. The number of methoxy groups -OCH3 is 1. The topological polar surface area (TPSA) is 79.9 Å². The number of carbonyl (C=O) groups is 1. The number of anilines is 1. The van der Waals surface area contributed by atoms with Crippen LogP contribution in [0.1, 0.15) is 16.2 Å². The van der Waals surface area contributed by atoms with Crippen molar-refractivity contribution in [2.75, 3.05) is 12.4 Å². The number of aromatic amines is 1. The standard InChI is InChI=1S/C11H10Cl2N4O2/c1-5-14-11(17-16-5)15-10(18)6-3-7(12)9(19-2)8(13)4-6/h3-4H,1-2H3,(H2,14,15,16,17,18). The van der Waals surface area contributed by atoms with E-state index >= 15 is 0 Å². The Kier molecular flexibility index (Phi) is 3.92. The molecule has 8 heteroatoms. The van der Waals surface area contributed by atoms with E-state index in [1.807, 2.05) is 0 Å². The Labute approximate surface area is 119 Å². The molecule has 2 aromatic rings. The van der Waals surface area contributed by atoms with Crippen LogP contribution in [0.4, 0.5) is 5.95 Å². The maximum atomic E-state index is 12.0. The van der Waals surface area contributed by atoms with Crippen LogP contribution in [0.15, 0.2) is 12.1 Å². The summed E-state index contributed by atoms with van der Waals surface area (Å²) in [5.41, 5.74) is 0.290. The highest BCUT2D eigenvalue weighted by Gasteiger charge is 2.14. The molecule has 0 aliphatic rings. The number of carbonyl (C=O) groups excluding carboxylic acids is 1. The molecule has 0 saturated heterocycles. The highest BCUT2D eigenvalue weighted by Crippen LogP contribution is 2.33. The lowest BCUT2D eigenvalue weighted by Gasteiger charge is -2.08. The maximum absolute atomic E-state index is 12.0. The monoisotopic (exact) mass is 300 g/mol. The minimum Gasteiger partial charge on any atom is -0.494 e. The second kappa shape index (κ2) is 5.46. The summed E-state index contributed by atoms with van der Waals surface area (Å²) >= 11 is 11.9. The molecule has 1 aromatic heterocycles. The number of rotatable bonds is 3. The molecule has 2 N–H and O–H groups in total. The van der Waals surface area contributed by atoms with Crippen LogP contribution >= 0.6 is 23.2 Å². The average Bonchev–Trinajstić information content (AvgIpc) is 2.74. The lowest BCUT2D eigenvalue weighted by atomic mass is 10.2. The summed E-state index contributed by atoms with van der Waals surface area (Å²) in [4.78, 5) is 15.9. The lowest BCUT2D eigenvalue weighted by molar-refractivity contribution is 0.102. The lowest BCUT2D eigenvalue weighted by Crippen LogP contribution is -2.13. The molecule has 0 aliphatic carbocycles. The zero-order valence-electron chi connectivity index (χ0n) is 10.1. The fraction of sp³-hybridized carbons (Fsp3) is 0.182. The molecular formula is C11H10Cl2N4O2. The third-order valence-electron chi connectivity index (χ3n) is 2.29. The van der Waals surface area contributed by atoms with Gasteiger partial charge in [-0.3, -0.25) is 15.2 Å². The summed E-state index contributed by atoms with van der Waals surface area (Å²) in [6.45, 7) is 1.73. The molecular weight excluding hydrogens is 291 g/mol. The Morgan fingerprint density at radius 2 is 2.00 bits per heavy atom. The minimum atomic E-state index is -0.412. The van der Waals surface area contributed by atoms with Crippen molar-refractivity contribution in [2.24, 2.45) is 0 Å². The molecule has 100 valence electrons. The van der Waals surface area contributed by atoms with Gasteiger partial charge in [-0.1, -0.05) is 23.2 Å². The van der Waals surface area contributed by atoms with Crippen LogP contribution in [0, 0.1) is 6.92 Å². The van der Waals surface area contributed by atoms with Crippen molar-refractivity contribution in [2.45, 2.75) is 6.92 Å². The molecule has 0 fully saturated rings. The summed E-state index contributed by atoms with van der Waals surface area (Å²) < 4.78 is 5.01. The van der Waals surface area contributed by atoms with Crippen LogP contribution in [0.2, 0.25) is 10.0 Å². The van der Waals surface area contributed by atoms with Gasteiger partial charge in [0, 0.05) is 5.56 Å². The molecule has 0 radical (unpaired) electrons. The van der Waals surface area contributed by atoms with Gasteiger partial charge < -0.3 is 4.74 Å². The Bertz CT molecular complexity index is 604. The third-order valence-corrected chi connectivity index (χ3v) is 2.85. The number of halogens is 2. The highest BCUT2D eigenvalue weighted by atomic mass is 35.5. The zero-order chi connectivity index (χ0) is 14.0. The number of nitrogens with zero attached hydrogens (tertiary/aromatic N) is 2. The minimum absolute atomic E-state index is 0.186. The van der Waals surface area contributed by atoms with Crippen LogP contribution in [0.25, 0.3) is 0 Å². The summed E-state index contributed by atoms with van der Waals surface area (Å²) in [6.07, 6.45) is 0. The first-order chi connectivity index (χ1) is 9.01. The van der Waals surface area contributed by atoms with E-state index in [1.54, 1.807) is 6.92 Å². The van der Waals surface area contributed by atoms with Gasteiger partial charge >= 0.3 is 0 Å². The number of hydrogen-bond acceptors (Lipinski definition) is 4. The second-order valence-corrected chi connectivity index (χ2v) is 4.49. The molecule has 19 heavy (non-hydrogen) atoms. The van der Waals surface area contributed by atoms with E-state index in [1.165, 1.54) is 19.2 Å². The van der Waals surface area contributed by atoms with Gasteiger partial charge in [0.05, 0.1) is 17.2 Å². The summed E-state index contributed by atoms with van der Waals surface area (Å²) in [5, 5.41) is 9.45. The van der Waals surface area contributed by atoms with Crippen LogP contribution < -0.4 is 10.1 Å². The number of H-pyrrole nitrogens is 1. The highest BCUT2D eigenvalue weighted by molar-refractivity contribution is 6.37. The van der Waals surface area contributed by atoms with Crippen molar-refractivity contribution in [1.82, 2.24) is 15.2 Å². The molecule has 1 aromatic carbocycles. The van der Waals surface area contributed by atoms with Gasteiger partial charge in [0.15, 0.2) is 5.75 Å². The summed E-state index contributed by atoms with van der Waals surface area (Å²) in [5.74, 6) is 0.700. The predicted octanol–water partition coefficient (Wildman–Crippen LogP) is 2.68. The molecule has 2 rings (SSSR count). The zero-order valence-corrected chi connectivity index (χ0v) is 11.6. The van der Waals surface area contributed by atoms with Crippen LogP contribution in [-0.4, -0.2) is 28.2 Å². The van der Waals surface area contributed by atoms with E-state index in [-0.39, 0.29) is 16.0 Å². The van der Waals surface area contributed by atoms with Gasteiger partial charge in [-0.2, -0.15) is 4.98 Å². The van der Waals surface area contributed by atoms with Gasteiger partial charge in [0.25, 0.3) is 5.91 Å². The fourth-order valence-corrected chi connectivity index (χ4v) is 2.10. The van der Waals surface area contributed by atoms with E-state index < -0.39 is 5.91 Å². The first kappa shape index (κ1) is 13.6. The Hall–Kier alpha value is -1.79. The van der Waals surface area contributed by atoms with Crippen molar-refractivity contribution in [1.29, 1.82) is 0 Å². The SMILES string of the molecule is COc1c(Cl)cc(C(=O)Nc2n[nH]c(C)n2)cc1Cl. The number of ether oxygens (including phenoxy) is 1. The molecule has 1 amide bonds. The largest absolute Gasteiger partial charge is 0.494 e. The van der Waals surface area contributed by atoms with Crippen molar-refractivity contribution < 1.29 is 9.53 Å². The quantitative estimate of drug-likeness (QED) is 0.913. The number of benzene rings is 1. The molecule has 0 aliphatic heterocycles. The molecule has 1 heterocycles. The first-order valence-electron chi connectivity index (χ1n) is 5.24. The Morgan fingerprint density at radius 1 is 1.37 bits per heavy atom. The van der Waals surface area contributed by atoms with Crippen LogP contribution in [-0.2, 0) is 0 Å². The van der Waals surface area contributed by atoms with Crippen molar-refractivity contribution in [3.05, 3.63) is 33.6 Å². The van der Waals surface area contributed by atoms with Gasteiger partial charge in [-0.15, -0.1) is 5.10 Å². The van der Waals surface area contributed by atoms with Crippen molar-refractivity contribution in [3.8, 4) is 5.75 Å². The predicted molar refractivity (Wildman–Crippen MR) is 72.1 cm³/mol. The Morgan fingerprint density at radius 3 is 2.47 bits per heavy atom. The number of aromatic nitrogens is 3. The first-order valence-corrected chi connectivity index (χ1v) is 6.00. The van der Waals surface area contributed by atoms with Gasteiger partial charge in [-0.25, -0.2) is 0 Å². The number of aryl methyl sites for hydroxylation is 1. The van der Waals surface area contributed by atoms with E-state index in [4.69, 9.17) is 27.9 Å². The number of hydrogen-bond donors (Lipinski definition) is 2. The summed E-state index contributed by atoms with van der Waals surface area (Å²) in [6, 6.07) is 2.92. The average molecular weight is 301 g/mol. The molecule has 0 spiro atoms. The Balaban J connectivity index is 2.24. The normalized spacial score (nSPS) is 10.3. The second-order valence-electron chi connectivity index (χ2n) is 3.67. The van der Waals surface area contributed by atoms with E-state index in [2.05, 4.69) is 20.5 Å². The van der Waals surface area contributed by atoms with E-state index in [0.29, 0.717) is 17.1 Å². The number of amides is 1.